The van der Waals surface area contributed by atoms with E-state index in [4.69, 9.17) is 4.74 Å². The first-order valence-corrected chi connectivity index (χ1v) is 8.52. The number of nitrogens with zero attached hydrogens (tertiary/aromatic N) is 1. The minimum Gasteiger partial charge on any atom is -0.494 e. The van der Waals surface area contributed by atoms with Crippen molar-refractivity contribution in [2.75, 3.05) is 6.61 Å². The molecule has 1 aromatic carbocycles. The summed E-state index contributed by atoms with van der Waals surface area (Å²) in [5.74, 6) is 0.961. The number of ether oxygens (including phenoxy) is 1. The van der Waals surface area contributed by atoms with E-state index in [-0.39, 0.29) is 6.04 Å². The van der Waals surface area contributed by atoms with Gasteiger partial charge >= 0.3 is 0 Å². The summed E-state index contributed by atoms with van der Waals surface area (Å²) in [4.78, 5) is 4.33. The van der Waals surface area contributed by atoms with Crippen LogP contribution in [0, 0.1) is 0 Å². The van der Waals surface area contributed by atoms with Crippen molar-refractivity contribution < 1.29 is 4.74 Å². The summed E-state index contributed by atoms with van der Waals surface area (Å²) < 4.78 is 5.72. The van der Waals surface area contributed by atoms with Gasteiger partial charge in [-0.15, -0.1) is 11.3 Å². The zero-order valence-corrected chi connectivity index (χ0v) is 13.7. The Hall–Kier alpha value is -1.39. The SMILES string of the molecule is CCCCCOc1ccc(CNC(C)c2nccs2)cc1. The Kier molecular flexibility index (Phi) is 6.70. The highest BCUT2D eigenvalue weighted by atomic mass is 32.1. The molecule has 114 valence electrons. The molecule has 0 spiro atoms. The highest BCUT2D eigenvalue weighted by Crippen LogP contribution is 2.17. The number of nitrogens with one attached hydrogen (secondary N) is 1. The third kappa shape index (κ3) is 5.48. The first-order chi connectivity index (χ1) is 10.3. The van der Waals surface area contributed by atoms with Crippen molar-refractivity contribution in [1.82, 2.24) is 10.3 Å². The first kappa shape index (κ1) is 16.0. The van der Waals surface area contributed by atoms with Gasteiger partial charge in [-0.2, -0.15) is 0 Å². The number of hydrogen-bond acceptors (Lipinski definition) is 4. The van der Waals surface area contributed by atoms with Gasteiger partial charge < -0.3 is 10.1 Å². The van der Waals surface area contributed by atoms with E-state index < -0.39 is 0 Å². The molecule has 0 aliphatic carbocycles. The predicted molar refractivity (Wildman–Crippen MR) is 88.8 cm³/mol. The number of unbranched alkanes of at least 4 members (excludes halogenated alkanes) is 2. The second-order valence-electron chi connectivity index (χ2n) is 5.17. The predicted octanol–water partition coefficient (Wildman–Crippen LogP) is 4.56. The van der Waals surface area contributed by atoms with Crippen molar-refractivity contribution in [3.63, 3.8) is 0 Å². The number of thiazole rings is 1. The van der Waals surface area contributed by atoms with Crippen LogP contribution >= 0.6 is 11.3 Å². The topological polar surface area (TPSA) is 34.1 Å². The Bertz CT molecular complexity index is 496. The summed E-state index contributed by atoms with van der Waals surface area (Å²) in [5, 5.41) is 6.63. The smallest absolute Gasteiger partial charge is 0.119 e. The van der Waals surface area contributed by atoms with Gasteiger partial charge in [-0.3, -0.25) is 0 Å². The fourth-order valence-corrected chi connectivity index (χ4v) is 2.72. The van der Waals surface area contributed by atoms with Gasteiger partial charge in [0, 0.05) is 18.1 Å². The molecule has 0 bridgehead atoms. The molecule has 0 aliphatic rings. The van der Waals surface area contributed by atoms with Crippen LogP contribution in [-0.2, 0) is 6.54 Å². The van der Waals surface area contributed by atoms with Gasteiger partial charge in [0.1, 0.15) is 10.8 Å². The van der Waals surface area contributed by atoms with Gasteiger partial charge in [-0.25, -0.2) is 4.98 Å². The average molecular weight is 304 g/mol. The van der Waals surface area contributed by atoms with Crippen LogP contribution in [0.5, 0.6) is 5.75 Å². The summed E-state index contributed by atoms with van der Waals surface area (Å²) in [6, 6.07) is 8.64. The maximum absolute atomic E-state index is 5.72. The van der Waals surface area contributed by atoms with Gasteiger partial charge in [0.05, 0.1) is 12.6 Å². The number of benzene rings is 1. The van der Waals surface area contributed by atoms with Gasteiger partial charge in [0.2, 0.25) is 0 Å². The molecule has 1 atom stereocenters. The lowest BCUT2D eigenvalue weighted by molar-refractivity contribution is 0.306. The Morgan fingerprint density at radius 2 is 2.05 bits per heavy atom. The van der Waals surface area contributed by atoms with Crippen LogP contribution in [0.1, 0.15) is 49.7 Å². The van der Waals surface area contributed by atoms with Gasteiger partial charge in [-0.05, 0) is 31.0 Å². The van der Waals surface area contributed by atoms with Crippen molar-refractivity contribution in [2.45, 2.75) is 45.7 Å². The summed E-state index contributed by atoms with van der Waals surface area (Å²) in [7, 11) is 0. The molecule has 0 radical (unpaired) electrons. The molecule has 21 heavy (non-hydrogen) atoms. The van der Waals surface area contributed by atoms with Crippen LogP contribution in [0.2, 0.25) is 0 Å². The second-order valence-corrected chi connectivity index (χ2v) is 6.10. The first-order valence-electron chi connectivity index (χ1n) is 7.64. The summed E-state index contributed by atoms with van der Waals surface area (Å²) in [6.07, 6.45) is 5.44. The highest BCUT2D eigenvalue weighted by molar-refractivity contribution is 7.09. The quantitative estimate of drug-likeness (QED) is 0.689. The number of aromatic nitrogens is 1. The molecule has 1 aromatic heterocycles. The van der Waals surface area contributed by atoms with Gasteiger partial charge in [0.25, 0.3) is 0 Å². The van der Waals surface area contributed by atoms with E-state index in [2.05, 4.69) is 48.4 Å². The van der Waals surface area contributed by atoms with Crippen LogP contribution in [0.4, 0.5) is 0 Å². The minimum absolute atomic E-state index is 0.287. The number of rotatable bonds is 9. The van der Waals surface area contributed by atoms with Crippen LogP contribution in [0.15, 0.2) is 35.8 Å². The molecule has 0 amide bonds. The van der Waals surface area contributed by atoms with Crippen LogP contribution < -0.4 is 10.1 Å². The Balaban J connectivity index is 1.74. The van der Waals surface area contributed by atoms with Crippen LogP contribution in [0.3, 0.4) is 0 Å². The largest absolute Gasteiger partial charge is 0.494 e. The van der Waals surface area contributed by atoms with E-state index in [1.807, 2.05) is 11.6 Å². The minimum atomic E-state index is 0.287. The molecule has 2 rings (SSSR count). The maximum Gasteiger partial charge on any atom is 0.119 e. The molecule has 1 N–H and O–H groups in total. The van der Waals surface area contributed by atoms with Crippen LogP contribution in [0.25, 0.3) is 0 Å². The highest BCUT2D eigenvalue weighted by Gasteiger charge is 2.06. The molecule has 0 saturated heterocycles. The summed E-state index contributed by atoms with van der Waals surface area (Å²) >= 11 is 1.69. The maximum atomic E-state index is 5.72. The van der Waals surface area contributed by atoms with Gasteiger partial charge in [-0.1, -0.05) is 31.9 Å². The lowest BCUT2D eigenvalue weighted by Gasteiger charge is -2.11. The number of hydrogen-bond donors (Lipinski definition) is 1. The molecular weight excluding hydrogens is 280 g/mol. The molecule has 1 unspecified atom stereocenters. The fourth-order valence-electron chi connectivity index (χ4n) is 2.05. The molecular formula is C17H24N2OS. The lowest BCUT2D eigenvalue weighted by Crippen LogP contribution is -2.17. The summed E-state index contributed by atoms with van der Waals surface area (Å²) in [5.41, 5.74) is 1.26. The van der Waals surface area contributed by atoms with E-state index in [1.54, 1.807) is 11.3 Å². The molecule has 4 heteroatoms. The van der Waals surface area contributed by atoms with Crippen molar-refractivity contribution >= 4 is 11.3 Å². The van der Waals surface area contributed by atoms with E-state index in [9.17, 15) is 0 Å². The molecule has 3 nitrogen and oxygen atoms in total. The standard InChI is InChI=1S/C17H24N2OS/c1-3-4-5-11-20-16-8-6-15(7-9-16)13-19-14(2)17-18-10-12-21-17/h6-10,12,14,19H,3-5,11,13H2,1-2H3. The van der Waals surface area contributed by atoms with Crippen LogP contribution in [-0.4, -0.2) is 11.6 Å². The molecule has 0 fully saturated rings. The Morgan fingerprint density at radius 1 is 1.24 bits per heavy atom. The third-order valence-corrected chi connectivity index (χ3v) is 4.33. The second kappa shape index (κ2) is 8.80. The normalized spacial score (nSPS) is 12.3. The molecule has 0 saturated carbocycles. The van der Waals surface area contributed by atoms with Crippen molar-refractivity contribution in [3.8, 4) is 5.75 Å². The molecule has 1 heterocycles. The zero-order chi connectivity index (χ0) is 14.9. The van der Waals surface area contributed by atoms with Crippen molar-refractivity contribution in [2.24, 2.45) is 0 Å². The summed E-state index contributed by atoms with van der Waals surface area (Å²) in [6.45, 7) is 6.00. The Labute approximate surface area is 131 Å². The van der Waals surface area contributed by atoms with Gasteiger partial charge in [0.15, 0.2) is 0 Å². The fraction of sp³-hybridized carbons (Fsp3) is 0.471. The molecule has 0 aliphatic heterocycles. The lowest BCUT2D eigenvalue weighted by atomic mass is 10.2. The monoisotopic (exact) mass is 304 g/mol. The van der Waals surface area contributed by atoms with E-state index in [1.165, 1.54) is 18.4 Å². The average Bonchev–Trinajstić information content (AvgIpc) is 3.05. The van der Waals surface area contributed by atoms with E-state index >= 15 is 0 Å². The van der Waals surface area contributed by atoms with Crippen molar-refractivity contribution in [3.05, 3.63) is 46.4 Å². The third-order valence-electron chi connectivity index (χ3n) is 3.37. The van der Waals surface area contributed by atoms with E-state index in [0.29, 0.717) is 0 Å². The van der Waals surface area contributed by atoms with E-state index in [0.717, 1.165) is 30.3 Å². The zero-order valence-electron chi connectivity index (χ0n) is 12.8. The molecule has 2 aromatic rings. The Morgan fingerprint density at radius 3 is 2.71 bits per heavy atom. The van der Waals surface area contributed by atoms with Crippen molar-refractivity contribution in [1.29, 1.82) is 0 Å².